The van der Waals surface area contributed by atoms with Crippen LogP contribution in [0.25, 0.3) is 32.9 Å². The Morgan fingerprint density at radius 3 is 2.28 bits per heavy atom. The first-order valence-electron chi connectivity index (χ1n) is 7.00. The molecule has 2 aromatic heterocycles. The molecule has 0 bridgehead atoms. The van der Waals surface area contributed by atoms with Gasteiger partial charge in [0.2, 0.25) is 0 Å². The van der Waals surface area contributed by atoms with Crippen molar-refractivity contribution in [2.45, 2.75) is 6.18 Å². The Morgan fingerprint density at radius 2 is 1.56 bits per heavy atom. The maximum Gasteiger partial charge on any atom is 0.455 e. The molecular formula is C17H7F3O5. The Balaban J connectivity index is 2.13. The maximum absolute atomic E-state index is 12.6. The molecule has 0 atom stereocenters. The summed E-state index contributed by atoms with van der Waals surface area (Å²) in [5.74, 6) is -3.55. The Labute approximate surface area is 135 Å². The third-order valence-electron chi connectivity index (χ3n) is 3.88. The first kappa shape index (κ1) is 15.3. The van der Waals surface area contributed by atoms with Gasteiger partial charge in [-0.15, -0.1) is 0 Å². The van der Waals surface area contributed by atoms with Gasteiger partial charge in [-0.1, -0.05) is 18.2 Å². The quantitative estimate of drug-likeness (QED) is 0.413. The molecule has 1 N–H and O–H groups in total. The van der Waals surface area contributed by atoms with E-state index in [2.05, 4.69) is 0 Å². The number of hydrogen-bond donors (Lipinski definition) is 1. The summed E-state index contributed by atoms with van der Waals surface area (Å²) >= 11 is 0. The number of ketones is 1. The Bertz CT molecular complexity index is 1230. The van der Waals surface area contributed by atoms with Crippen LogP contribution in [0, 0.1) is 0 Å². The molecule has 25 heavy (non-hydrogen) atoms. The Kier molecular flexibility index (Phi) is 2.96. The van der Waals surface area contributed by atoms with Crippen molar-refractivity contribution in [3.05, 3.63) is 52.4 Å². The van der Waals surface area contributed by atoms with Crippen molar-refractivity contribution in [1.29, 1.82) is 0 Å². The van der Waals surface area contributed by atoms with Crippen LogP contribution in [0.2, 0.25) is 0 Å². The molecule has 5 nitrogen and oxygen atoms in total. The zero-order valence-corrected chi connectivity index (χ0v) is 12.2. The van der Waals surface area contributed by atoms with E-state index in [-0.39, 0.29) is 16.6 Å². The van der Waals surface area contributed by atoms with Crippen molar-refractivity contribution in [3.63, 3.8) is 0 Å². The van der Waals surface area contributed by atoms with Crippen LogP contribution in [0.4, 0.5) is 13.2 Å². The molecule has 0 aliphatic heterocycles. The predicted octanol–water partition coefficient (Wildman–Crippen LogP) is 4.14. The molecular weight excluding hydrogens is 341 g/mol. The average Bonchev–Trinajstić information content (AvgIpc) is 2.93. The average molecular weight is 348 g/mol. The van der Waals surface area contributed by atoms with Gasteiger partial charge in [0.1, 0.15) is 11.3 Å². The van der Waals surface area contributed by atoms with Gasteiger partial charge in [-0.2, -0.15) is 13.2 Å². The van der Waals surface area contributed by atoms with Crippen LogP contribution in [0.1, 0.15) is 10.4 Å². The van der Waals surface area contributed by atoms with E-state index in [0.29, 0.717) is 16.4 Å². The van der Waals surface area contributed by atoms with E-state index in [1.807, 2.05) is 0 Å². The summed E-state index contributed by atoms with van der Waals surface area (Å²) in [5, 5.41) is 11.1. The van der Waals surface area contributed by atoms with Gasteiger partial charge in [0.05, 0.1) is 5.39 Å². The van der Waals surface area contributed by atoms with Crippen molar-refractivity contribution >= 4 is 38.7 Å². The number of Topliss-reactive ketones (excluding diaryl/α,β-unsaturated/α-hetero) is 1. The van der Waals surface area contributed by atoms with Crippen LogP contribution in [0.5, 0.6) is 5.75 Å². The number of benzene rings is 2. The number of carbonyl (C=O) groups excluding carboxylic acids is 1. The fourth-order valence-corrected chi connectivity index (χ4v) is 2.77. The second kappa shape index (κ2) is 4.85. The van der Waals surface area contributed by atoms with Crippen molar-refractivity contribution in [2.75, 3.05) is 0 Å². The van der Waals surface area contributed by atoms with Crippen LogP contribution in [0.3, 0.4) is 0 Å². The van der Waals surface area contributed by atoms with Crippen molar-refractivity contribution < 1.29 is 31.9 Å². The van der Waals surface area contributed by atoms with Crippen LogP contribution in [-0.4, -0.2) is 17.1 Å². The van der Waals surface area contributed by atoms with E-state index < -0.39 is 28.9 Å². The van der Waals surface area contributed by atoms with E-state index >= 15 is 0 Å². The highest BCUT2D eigenvalue weighted by Gasteiger charge is 2.43. The zero-order chi connectivity index (χ0) is 17.9. The van der Waals surface area contributed by atoms with Crippen molar-refractivity contribution in [2.24, 2.45) is 0 Å². The van der Waals surface area contributed by atoms with Crippen LogP contribution >= 0.6 is 0 Å². The summed E-state index contributed by atoms with van der Waals surface area (Å²) < 4.78 is 48.4. The normalized spacial score (nSPS) is 12.3. The van der Waals surface area contributed by atoms with E-state index in [0.717, 1.165) is 0 Å². The van der Waals surface area contributed by atoms with E-state index in [4.69, 9.17) is 8.83 Å². The number of para-hydroxylation sites is 1. The van der Waals surface area contributed by atoms with Gasteiger partial charge < -0.3 is 13.9 Å². The molecule has 8 heteroatoms. The van der Waals surface area contributed by atoms with Gasteiger partial charge in [0, 0.05) is 10.8 Å². The summed E-state index contributed by atoms with van der Waals surface area (Å²) in [4.78, 5) is 23.3. The lowest BCUT2D eigenvalue weighted by atomic mass is 10.1. The molecule has 2 heterocycles. The molecule has 4 rings (SSSR count). The molecule has 4 aromatic rings. The van der Waals surface area contributed by atoms with Gasteiger partial charge in [0.25, 0.3) is 5.78 Å². The number of hydrogen-bond acceptors (Lipinski definition) is 5. The number of rotatable bonds is 1. The molecule has 0 unspecified atom stereocenters. The topological polar surface area (TPSA) is 80.7 Å². The first-order chi connectivity index (χ1) is 11.8. The minimum atomic E-state index is -5.32. The first-order valence-corrected chi connectivity index (χ1v) is 7.00. The number of aromatic hydroxyl groups is 1. The molecule has 0 fully saturated rings. The summed E-state index contributed by atoms with van der Waals surface area (Å²) in [6.45, 7) is 0. The van der Waals surface area contributed by atoms with E-state index in [9.17, 15) is 27.9 Å². The van der Waals surface area contributed by atoms with Crippen LogP contribution < -0.4 is 5.63 Å². The highest BCUT2D eigenvalue weighted by Crippen LogP contribution is 2.38. The van der Waals surface area contributed by atoms with Crippen LogP contribution in [-0.2, 0) is 0 Å². The zero-order valence-electron chi connectivity index (χ0n) is 12.2. The molecule has 0 amide bonds. The highest BCUT2D eigenvalue weighted by molar-refractivity contribution is 6.15. The number of alkyl halides is 3. The van der Waals surface area contributed by atoms with Gasteiger partial charge >= 0.3 is 11.8 Å². The van der Waals surface area contributed by atoms with E-state index in [1.54, 1.807) is 24.3 Å². The largest absolute Gasteiger partial charge is 0.506 e. The molecule has 126 valence electrons. The SMILES string of the molecule is O=C(c1c(O)c2ccc3c4ccccc4oc3c2oc1=O)C(F)(F)F. The number of halogens is 3. The molecule has 0 radical (unpaired) electrons. The lowest BCUT2D eigenvalue weighted by Gasteiger charge is -2.07. The van der Waals surface area contributed by atoms with Crippen molar-refractivity contribution in [3.8, 4) is 5.75 Å². The predicted molar refractivity (Wildman–Crippen MR) is 81.8 cm³/mol. The van der Waals surface area contributed by atoms with Gasteiger partial charge in [-0.3, -0.25) is 4.79 Å². The van der Waals surface area contributed by atoms with Crippen LogP contribution in [0.15, 0.2) is 50.0 Å². The molecule has 0 aliphatic rings. The Hall–Kier alpha value is -3.29. The number of fused-ring (bicyclic) bond motifs is 5. The lowest BCUT2D eigenvalue weighted by Crippen LogP contribution is -2.28. The summed E-state index contributed by atoms with van der Waals surface area (Å²) in [5.41, 5.74) is -2.69. The fourth-order valence-electron chi connectivity index (χ4n) is 2.77. The third kappa shape index (κ3) is 2.10. The standard InChI is InChI=1S/C17H7F3O5/c18-17(19,20)15(22)11-12(21)9-6-5-8-7-3-1-2-4-10(7)24-13(8)14(9)25-16(11)23/h1-6,21H. The van der Waals surface area contributed by atoms with Crippen molar-refractivity contribution in [1.82, 2.24) is 0 Å². The van der Waals surface area contributed by atoms with Gasteiger partial charge in [-0.05, 0) is 18.2 Å². The van der Waals surface area contributed by atoms with E-state index in [1.165, 1.54) is 12.1 Å². The smallest absolute Gasteiger partial charge is 0.455 e. The van der Waals surface area contributed by atoms with Gasteiger partial charge in [0.15, 0.2) is 16.7 Å². The second-order valence-corrected chi connectivity index (χ2v) is 5.36. The summed E-state index contributed by atoms with van der Waals surface area (Å²) in [6, 6.07) is 9.68. The number of furan rings is 1. The third-order valence-corrected chi connectivity index (χ3v) is 3.88. The summed E-state index contributed by atoms with van der Waals surface area (Å²) in [7, 11) is 0. The van der Waals surface area contributed by atoms with Gasteiger partial charge in [-0.25, -0.2) is 4.79 Å². The fraction of sp³-hybridized carbons (Fsp3) is 0.0588. The highest BCUT2D eigenvalue weighted by atomic mass is 19.4. The maximum atomic E-state index is 12.6. The second-order valence-electron chi connectivity index (χ2n) is 5.36. The molecule has 0 aliphatic carbocycles. The lowest BCUT2D eigenvalue weighted by molar-refractivity contribution is -0.0888. The molecule has 0 saturated carbocycles. The molecule has 0 saturated heterocycles. The minimum Gasteiger partial charge on any atom is -0.506 e. The monoisotopic (exact) mass is 348 g/mol. The molecule has 0 spiro atoms. The molecule has 2 aromatic carbocycles. The Morgan fingerprint density at radius 1 is 0.920 bits per heavy atom. The number of carbonyl (C=O) groups is 1. The minimum absolute atomic E-state index is 0.0945. The summed E-state index contributed by atoms with van der Waals surface area (Å²) in [6.07, 6.45) is -5.32.